The monoisotopic (exact) mass is 1510 g/mol. The van der Waals surface area contributed by atoms with Crippen molar-refractivity contribution in [3.8, 4) is 0 Å². The van der Waals surface area contributed by atoms with Gasteiger partial charge in [-0.05, 0) is 185 Å². The molecule has 0 aliphatic heterocycles. The molecule has 0 saturated heterocycles. The molecule has 0 aliphatic rings. The van der Waals surface area contributed by atoms with Crippen molar-refractivity contribution in [2.24, 2.45) is 23.5 Å². The molecular formula is C82H89Cl6FN8O6. The standard InChI is InChI=1S/C18H21ClN2O.C18H19ClN2.C14H12ClNO2.C14H14ClN.C7H8ClN.C6H4FNO2.C5H9ClO.H2/c1-13(2)11-18(22)21-17-6-4-3-5-16(17)20-12-14-7-9-15(19)10-8-14;1-13(2)11-18-20-16-5-3-4-6-17(16)21(18)12-14-7-9-15(19)10-8-14;15-13-9-6-11(7-10-13)5-8-12-3-1-2-4-14(12)16(17)18;15-13-9-6-11(7-10-13)5-8-12-3-1-2-4-14(12)16;8-7-3-1-6(5-9)2-4-7;7-5-3-1-2-4-6(5)8(9)10;1-4(2)3-5(6)7;/h3-10,13,20H,11-12H2,1-2H3,(H,21,22);3-10,13H,11-12H2,1-2H3;1-4,6-7,9-10H,5,8H2;1-4,6-7,9-10H,5,8,16H2;1-4H,5,9H2;1-4H;4H,3H2,1-2H3;1H/i;;;;;;;1+1. The second-order valence-electron chi connectivity index (χ2n) is 24.8. The van der Waals surface area contributed by atoms with E-state index in [1.165, 1.54) is 40.4 Å². The quantitative estimate of drug-likeness (QED) is 0.0231. The van der Waals surface area contributed by atoms with Crippen LogP contribution in [0.4, 0.5) is 32.8 Å². The van der Waals surface area contributed by atoms with Gasteiger partial charge in [0.05, 0.1) is 32.3 Å². The number of para-hydroxylation sites is 7. The van der Waals surface area contributed by atoms with Crippen molar-refractivity contribution in [3.05, 3.63) is 339 Å². The van der Waals surface area contributed by atoms with Crippen molar-refractivity contribution in [1.29, 1.82) is 0 Å². The molecule has 0 atom stereocenters. The third kappa shape index (κ3) is 32.8. The molecule has 0 bridgehead atoms. The van der Waals surface area contributed by atoms with E-state index in [0.717, 1.165) is 115 Å². The SMILES string of the molecule is CC(C)CC(=O)Cl.CC(C)CC(=O)Nc1ccccc1NCc1ccc(Cl)cc1.CC(C)Cc1nc2ccccc2n1Cc1ccc(Cl)cc1.NCc1ccc(Cl)cc1.Nc1ccccc1CCc1ccc(Cl)cc1.O=[N+]([O-])c1ccccc1CCc1ccc(Cl)cc1.O=[N+]([O-])c1ccccc1F.[2HH]. The van der Waals surface area contributed by atoms with Crippen LogP contribution in [0.25, 0.3) is 11.0 Å². The Morgan fingerprint density at radius 3 is 1.37 bits per heavy atom. The number of hydrogen-bond acceptors (Lipinski definition) is 10. The van der Waals surface area contributed by atoms with Gasteiger partial charge in [0.2, 0.25) is 17.0 Å². The lowest BCUT2D eigenvalue weighted by Gasteiger charge is -2.14. The number of nitrogens with zero attached hydrogens (tertiary/aromatic N) is 4. The lowest BCUT2D eigenvalue weighted by atomic mass is 10.0. The average Bonchev–Trinajstić information content (AvgIpc) is 1.65. The first-order valence-corrected chi connectivity index (χ1v) is 35.7. The third-order valence-electron chi connectivity index (χ3n) is 15.0. The van der Waals surface area contributed by atoms with E-state index in [0.29, 0.717) is 55.1 Å². The number of carbonyl (C=O) groups excluding carboxylic acids is 2. The molecule has 0 aliphatic carbocycles. The molecule has 1 amide bonds. The van der Waals surface area contributed by atoms with Crippen molar-refractivity contribution in [2.75, 3.05) is 16.4 Å². The Morgan fingerprint density at radius 1 is 0.495 bits per heavy atom. The molecule has 11 rings (SSSR count). The highest BCUT2D eigenvalue weighted by molar-refractivity contribution is 6.63. The number of rotatable bonds is 21. The van der Waals surface area contributed by atoms with Gasteiger partial charge in [0, 0.05) is 88.8 Å². The number of nitrogens with one attached hydrogen (secondary N) is 2. The lowest BCUT2D eigenvalue weighted by Crippen LogP contribution is -2.15. The normalized spacial score (nSPS) is 10.4. The van der Waals surface area contributed by atoms with E-state index in [1.807, 2.05) is 179 Å². The number of imidazole rings is 1. The molecule has 0 unspecified atom stereocenters. The third-order valence-corrected chi connectivity index (χ3v) is 16.4. The maximum Gasteiger partial charge on any atom is 0.304 e. The first kappa shape index (κ1) is 84.5. The predicted molar refractivity (Wildman–Crippen MR) is 429 cm³/mol. The van der Waals surface area contributed by atoms with Crippen LogP contribution < -0.4 is 22.1 Å². The number of nitrogen functional groups attached to an aromatic ring is 1. The summed E-state index contributed by atoms with van der Waals surface area (Å²) in [5, 5.41) is 30.7. The fourth-order valence-corrected chi connectivity index (χ4v) is 10.7. The minimum atomic E-state index is -0.799. The number of halogens is 7. The molecule has 1 aromatic heterocycles. The number of carbonyl (C=O) groups is 2. The molecular weight excluding hydrogens is 1420 g/mol. The number of nitro benzene ring substituents is 2. The van der Waals surface area contributed by atoms with Crippen LogP contribution in [0, 0.1) is 43.8 Å². The second kappa shape index (κ2) is 45.7. The second-order valence-corrected chi connectivity index (χ2v) is 27.4. The van der Waals surface area contributed by atoms with E-state index in [-0.39, 0.29) is 23.2 Å². The summed E-state index contributed by atoms with van der Waals surface area (Å²) in [6.07, 6.45) is 5.37. The first-order chi connectivity index (χ1) is 49.3. The molecule has 6 N–H and O–H groups in total. The fourth-order valence-electron chi connectivity index (χ4n) is 9.78. The van der Waals surface area contributed by atoms with Crippen LogP contribution in [-0.2, 0) is 61.3 Å². The molecule has 0 fully saturated rings. The predicted octanol–water partition coefficient (Wildman–Crippen LogP) is 23.2. The molecule has 14 nitrogen and oxygen atoms in total. The van der Waals surface area contributed by atoms with Gasteiger partial charge in [-0.2, -0.15) is 4.39 Å². The van der Waals surface area contributed by atoms with E-state index in [1.54, 1.807) is 12.1 Å². The highest BCUT2D eigenvalue weighted by Crippen LogP contribution is 2.26. The summed E-state index contributed by atoms with van der Waals surface area (Å²) in [5.41, 5.74) is 23.7. The summed E-state index contributed by atoms with van der Waals surface area (Å²) in [5.74, 6) is 1.72. The van der Waals surface area contributed by atoms with Gasteiger partial charge in [-0.15, -0.1) is 0 Å². The Kier molecular flexibility index (Phi) is 37.5. The smallest absolute Gasteiger partial charge is 0.304 e. The van der Waals surface area contributed by atoms with Gasteiger partial charge in [-0.25, -0.2) is 4.98 Å². The summed E-state index contributed by atoms with van der Waals surface area (Å²) in [6, 6.07) is 74.7. The maximum absolute atomic E-state index is 12.4. The summed E-state index contributed by atoms with van der Waals surface area (Å²) in [6.45, 7) is 14.5. The highest BCUT2D eigenvalue weighted by Gasteiger charge is 2.15. The Bertz CT molecular complexity index is 4380. The summed E-state index contributed by atoms with van der Waals surface area (Å²) in [4.78, 5) is 46.5. The van der Waals surface area contributed by atoms with E-state index < -0.39 is 16.4 Å². The average molecular weight is 1520 g/mol. The van der Waals surface area contributed by atoms with Crippen molar-refractivity contribution in [1.82, 2.24) is 9.55 Å². The Hall–Kier alpha value is -9.16. The minimum absolute atomic E-state index is 0. The van der Waals surface area contributed by atoms with Crippen molar-refractivity contribution >= 4 is 120 Å². The number of benzene rings is 10. The Morgan fingerprint density at radius 2 is 0.913 bits per heavy atom. The summed E-state index contributed by atoms with van der Waals surface area (Å²) in [7, 11) is 0. The van der Waals surface area contributed by atoms with Crippen LogP contribution in [0.2, 0.25) is 25.1 Å². The molecule has 10 aromatic carbocycles. The molecule has 1 heterocycles. The number of amides is 1. The van der Waals surface area contributed by atoms with E-state index in [9.17, 15) is 34.2 Å². The summed E-state index contributed by atoms with van der Waals surface area (Å²) >= 11 is 34.2. The largest absolute Gasteiger partial charge is 0.399 e. The Labute approximate surface area is 635 Å². The van der Waals surface area contributed by atoms with Gasteiger partial charge >= 0.3 is 5.69 Å². The van der Waals surface area contributed by atoms with Crippen molar-refractivity contribution in [2.45, 2.75) is 106 Å². The van der Waals surface area contributed by atoms with Crippen molar-refractivity contribution < 1.29 is 25.3 Å². The zero-order valence-electron chi connectivity index (χ0n) is 58.4. The van der Waals surface area contributed by atoms with Gasteiger partial charge in [0.1, 0.15) is 5.82 Å². The Balaban J connectivity index is 0.000000264. The fraction of sp³-hybridized carbons (Fsp3) is 0.232. The number of nitrogens with two attached hydrogens (primary N) is 2. The molecule has 0 radical (unpaired) electrons. The number of hydrogen-bond donors (Lipinski definition) is 4. The zero-order valence-corrected chi connectivity index (χ0v) is 63.0. The van der Waals surface area contributed by atoms with Gasteiger partial charge in [-0.1, -0.05) is 233 Å². The molecule has 103 heavy (non-hydrogen) atoms. The molecule has 21 heteroatoms. The van der Waals surface area contributed by atoms with Crippen LogP contribution in [0.15, 0.2) is 243 Å². The van der Waals surface area contributed by atoms with E-state index in [4.69, 9.17) is 86.1 Å². The van der Waals surface area contributed by atoms with Crippen LogP contribution in [-0.4, -0.2) is 30.5 Å². The van der Waals surface area contributed by atoms with Crippen LogP contribution in [0.5, 0.6) is 0 Å². The number of anilines is 3. The maximum atomic E-state index is 12.4. The van der Waals surface area contributed by atoms with E-state index in [2.05, 4.69) is 77.6 Å². The first-order valence-electron chi connectivity index (χ1n) is 33.4. The van der Waals surface area contributed by atoms with Gasteiger partial charge < -0.3 is 26.7 Å². The summed E-state index contributed by atoms with van der Waals surface area (Å²) < 4.78 is 14.7. The molecule has 542 valence electrons. The molecule has 11 aromatic rings. The number of aryl methyl sites for hydroxylation is 4. The zero-order chi connectivity index (χ0) is 75.2. The van der Waals surface area contributed by atoms with Gasteiger partial charge in [0.15, 0.2) is 0 Å². The highest BCUT2D eigenvalue weighted by atomic mass is 35.5. The van der Waals surface area contributed by atoms with Crippen LogP contribution >= 0.6 is 69.6 Å². The van der Waals surface area contributed by atoms with Crippen LogP contribution in [0.3, 0.4) is 0 Å². The molecule has 0 spiro atoms. The number of aromatic nitrogens is 2. The van der Waals surface area contributed by atoms with Crippen molar-refractivity contribution in [3.63, 3.8) is 0 Å². The van der Waals surface area contributed by atoms with Gasteiger partial charge in [-0.3, -0.25) is 29.8 Å². The lowest BCUT2D eigenvalue weighted by molar-refractivity contribution is -0.387. The topological polar surface area (TPSA) is 214 Å². The minimum Gasteiger partial charge on any atom is -0.399 e. The van der Waals surface area contributed by atoms with Gasteiger partial charge in [0.25, 0.3) is 5.69 Å². The van der Waals surface area contributed by atoms with E-state index >= 15 is 0 Å². The number of nitro groups is 2. The number of fused-ring (bicyclic) bond motifs is 1. The molecule has 0 saturated carbocycles. The van der Waals surface area contributed by atoms with Crippen LogP contribution in [0.1, 0.15) is 101 Å².